The molecule has 2 heterocycles. The summed E-state index contributed by atoms with van der Waals surface area (Å²) in [5, 5.41) is 5.07. The minimum atomic E-state index is 0.642. The van der Waals surface area contributed by atoms with Gasteiger partial charge in [-0.1, -0.05) is 17.7 Å². The molecule has 0 saturated heterocycles. The van der Waals surface area contributed by atoms with Gasteiger partial charge in [-0.25, -0.2) is 4.68 Å². The first-order valence-corrected chi connectivity index (χ1v) is 6.27. The topological polar surface area (TPSA) is 38.5 Å². The van der Waals surface area contributed by atoms with Crippen LogP contribution in [0.4, 0.5) is 0 Å². The van der Waals surface area contributed by atoms with Crippen molar-refractivity contribution in [1.29, 1.82) is 0 Å². The van der Waals surface area contributed by atoms with Crippen LogP contribution in [0, 0.1) is 11.7 Å². The van der Waals surface area contributed by atoms with Crippen LogP contribution in [0.25, 0.3) is 16.9 Å². The molecule has 0 amide bonds. The van der Waals surface area contributed by atoms with E-state index in [0.29, 0.717) is 9.79 Å². The number of hydrogen-bond donors (Lipinski definition) is 1. The number of benzene rings is 1. The third kappa shape index (κ3) is 1.59. The molecular formula is C12H11ClN4S. The van der Waals surface area contributed by atoms with Gasteiger partial charge in [0, 0.05) is 12.1 Å². The highest BCUT2D eigenvalue weighted by Crippen LogP contribution is 2.23. The van der Waals surface area contributed by atoms with Gasteiger partial charge in [-0.05, 0) is 37.3 Å². The zero-order valence-electron chi connectivity index (χ0n) is 9.94. The largest absolute Gasteiger partial charge is 0.327 e. The van der Waals surface area contributed by atoms with Crippen molar-refractivity contribution in [1.82, 2.24) is 19.3 Å². The number of aromatic amines is 1. The second-order valence-corrected chi connectivity index (χ2v) is 4.98. The van der Waals surface area contributed by atoms with Gasteiger partial charge in [-0.2, -0.15) is 5.10 Å². The Kier molecular flexibility index (Phi) is 2.53. The van der Waals surface area contributed by atoms with Gasteiger partial charge >= 0.3 is 0 Å². The molecule has 18 heavy (non-hydrogen) atoms. The number of imidazole rings is 1. The first-order valence-electron chi connectivity index (χ1n) is 5.48. The second-order valence-electron chi connectivity index (χ2n) is 4.15. The summed E-state index contributed by atoms with van der Waals surface area (Å²) in [5.74, 6) is 0. The van der Waals surface area contributed by atoms with Gasteiger partial charge in [0.05, 0.1) is 11.4 Å². The number of halogens is 1. The van der Waals surface area contributed by atoms with E-state index in [1.165, 1.54) is 0 Å². The summed E-state index contributed by atoms with van der Waals surface area (Å²) in [6, 6.07) is 7.60. The molecule has 0 fully saturated rings. The Morgan fingerprint density at radius 1 is 1.39 bits per heavy atom. The Labute approximate surface area is 114 Å². The van der Waals surface area contributed by atoms with Crippen LogP contribution < -0.4 is 0 Å². The summed E-state index contributed by atoms with van der Waals surface area (Å²) < 4.78 is 4.40. The number of fused-ring (bicyclic) bond motifs is 1. The highest BCUT2D eigenvalue weighted by atomic mass is 35.5. The van der Waals surface area contributed by atoms with Crippen LogP contribution in [-0.4, -0.2) is 19.3 Å². The number of hydrogen-bond acceptors (Lipinski definition) is 2. The summed E-state index contributed by atoms with van der Waals surface area (Å²) in [5.41, 5.74) is 3.77. The van der Waals surface area contributed by atoms with Crippen molar-refractivity contribution >= 4 is 35.0 Å². The molecular weight excluding hydrogens is 268 g/mol. The molecule has 0 saturated carbocycles. The van der Waals surface area contributed by atoms with E-state index in [9.17, 15) is 0 Å². The molecule has 0 aliphatic rings. The number of aromatic nitrogens is 4. The van der Waals surface area contributed by atoms with E-state index in [2.05, 4.69) is 10.1 Å². The zero-order valence-corrected chi connectivity index (χ0v) is 11.5. The highest BCUT2D eigenvalue weighted by molar-refractivity contribution is 7.71. The van der Waals surface area contributed by atoms with E-state index in [1.54, 1.807) is 0 Å². The number of nitrogens with one attached hydrogen (secondary N) is 1. The summed E-state index contributed by atoms with van der Waals surface area (Å²) in [7, 11) is 1.90. The van der Waals surface area contributed by atoms with Crippen LogP contribution in [-0.2, 0) is 7.05 Å². The molecule has 0 aliphatic heterocycles. The Balaban J connectivity index is 2.42. The monoisotopic (exact) mass is 278 g/mol. The van der Waals surface area contributed by atoms with E-state index < -0.39 is 0 Å². The molecule has 3 rings (SSSR count). The van der Waals surface area contributed by atoms with Crippen LogP contribution in [0.15, 0.2) is 24.3 Å². The van der Waals surface area contributed by atoms with E-state index in [1.807, 2.05) is 47.5 Å². The van der Waals surface area contributed by atoms with Crippen molar-refractivity contribution < 1.29 is 0 Å². The van der Waals surface area contributed by atoms with E-state index >= 15 is 0 Å². The number of nitrogens with zero attached hydrogens (tertiary/aromatic N) is 3. The summed E-state index contributed by atoms with van der Waals surface area (Å²) >= 11 is 11.4. The molecule has 1 aromatic carbocycles. The third-order valence-electron chi connectivity index (χ3n) is 2.91. The van der Waals surface area contributed by atoms with Crippen LogP contribution in [0.1, 0.15) is 5.69 Å². The first-order chi connectivity index (χ1) is 8.58. The smallest absolute Gasteiger partial charge is 0.184 e. The molecule has 0 atom stereocenters. The fraction of sp³-hybridized carbons (Fsp3) is 0.167. The van der Waals surface area contributed by atoms with Gasteiger partial charge in [0.2, 0.25) is 0 Å². The van der Waals surface area contributed by atoms with Gasteiger partial charge in [0.15, 0.2) is 10.4 Å². The average molecular weight is 279 g/mol. The first kappa shape index (κ1) is 11.5. The molecule has 92 valence electrons. The molecule has 4 nitrogen and oxygen atoms in total. The number of H-pyrrole nitrogens is 1. The zero-order chi connectivity index (χ0) is 12.9. The van der Waals surface area contributed by atoms with E-state index in [0.717, 1.165) is 22.5 Å². The molecule has 0 spiro atoms. The molecule has 0 radical (unpaired) electrons. The molecule has 0 aliphatic carbocycles. The van der Waals surface area contributed by atoms with Gasteiger partial charge in [-0.3, -0.25) is 4.57 Å². The van der Waals surface area contributed by atoms with Crippen LogP contribution in [0.2, 0.25) is 5.02 Å². The Hall–Kier alpha value is -1.59. The van der Waals surface area contributed by atoms with E-state index in [4.69, 9.17) is 23.8 Å². The lowest BCUT2D eigenvalue weighted by Crippen LogP contribution is -2.00. The van der Waals surface area contributed by atoms with Gasteiger partial charge < -0.3 is 4.98 Å². The van der Waals surface area contributed by atoms with Gasteiger partial charge in [-0.15, -0.1) is 0 Å². The minimum absolute atomic E-state index is 0.642. The molecule has 0 bridgehead atoms. The molecule has 2 aromatic heterocycles. The van der Waals surface area contributed by atoms with E-state index in [-0.39, 0.29) is 0 Å². The molecule has 0 unspecified atom stereocenters. The predicted molar refractivity (Wildman–Crippen MR) is 75.0 cm³/mol. The van der Waals surface area contributed by atoms with Gasteiger partial charge in [0.25, 0.3) is 0 Å². The molecule has 3 aromatic rings. The maximum Gasteiger partial charge on any atom is 0.184 e. The highest BCUT2D eigenvalue weighted by Gasteiger charge is 2.13. The lowest BCUT2D eigenvalue weighted by molar-refractivity contribution is 0.759. The second kappa shape index (κ2) is 3.96. The Morgan fingerprint density at radius 2 is 2.17 bits per heavy atom. The SMILES string of the molecule is Cc1nn(C)c2c1[nH]c(=S)n2-c1cccc(Cl)c1. The van der Waals surface area contributed by atoms with Crippen molar-refractivity contribution in [2.24, 2.45) is 7.05 Å². The van der Waals surface area contributed by atoms with Gasteiger partial charge in [0.1, 0.15) is 5.52 Å². The Bertz CT molecular complexity index is 796. The van der Waals surface area contributed by atoms with Crippen LogP contribution in [0.5, 0.6) is 0 Å². The van der Waals surface area contributed by atoms with Crippen molar-refractivity contribution in [2.45, 2.75) is 6.92 Å². The van der Waals surface area contributed by atoms with Crippen LogP contribution in [0.3, 0.4) is 0 Å². The van der Waals surface area contributed by atoms with Crippen molar-refractivity contribution in [3.63, 3.8) is 0 Å². The Morgan fingerprint density at radius 3 is 2.89 bits per heavy atom. The fourth-order valence-corrected chi connectivity index (χ4v) is 2.64. The maximum absolute atomic E-state index is 6.03. The maximum atomic E-state index is 6.03. The summed E-state index contributed by atoms with van der Waals surface area (Å²) in [4.78, 5) is 3.19. The van der Waals surface area contributed by atoms with Crippen molar-refractivity contribution in [3.8, 4) is 5.69 Å². The third-order valence-corrected chi connectivity index (χ3v) is 3.42. The normalized spacial score (nSPS) is 11.3. The number of aryl methyl sites for hydroxylation is 2. The summed E-state index contributed by atoms with van der Waals surface area (Å²) in [6.07, 6.45) is 0. The molecule has 6 heteroatoms. The predicted octanol–water partition coefficient (Wildman–Crippen LogP) is 3.38. The lowest BCUT2D eigenvalue weighted by atomic mass is 10.3. The summed E-state index contributed by atoms with van der Waals surface area (Å²) in [6.45, 7) is 1.95. The standard InChI is InChI=1S/C12H11ClN4S/c1-7-10-11(16(2)15-7)17(12(18)14-10)9-5-3-4-8(13)6-9/h3-6H,1-2H3,(H,14,18). The minimum Gasteiger partial charge on any atom is -0.327 e. The van der Waals surface area contributed by atoms with Crippen molar-refractivity contribution in [3.05, 3.63) is 39.8 Å². The number of rotatable bonds is 1. The van der Waals surface area contributed by atoms with Crippen LogP contribution >= 0.6 is 23.8 Å². The fourth-order valence-electron chi connectivity index (χ4n) is 2.16. The average Bonchev–Trinajstić information content (AvgIpc) is 2.78. The lowest BCUT2D eigenvalue weighted by Gasteiger charge is -2.05. The quantitative estimate of drug-likeness (QED) is 0.693. The molecule has 1 N–H and O–H groups in total. The van der Waals surface area contributed by atoms with Crippen molar-refractivity contribution in [2.75, 3.05) is 0 Å².